The lowest BCUT2D eigenvalue weighted by molar-refractivity contribution is -0.124. The Labute approximate surface area is 132 Å². The van der Waals surface area contributed by atoms with Gasteiger partial charge in [0.1, 0.15) is 5.82 Å². The predicted molar refractivity (Wildman–Crippen MR) is 84.1 cm³/mol. The van der Waals surface area contributed by atoms with Gasteiger partial charge in [0.25, 0.3) is 5.91 Å². The maximum absolute atomic E-state index is 13.1. The van der Waals surface area contributed by atoms with Crippen LogP contribution in [0.25, 0.3) is 12.2 Å². The average molecular weight is 314 g/mol. The Morgan fingerprint density at radius 2 is 1.78 bits per heavy atom. The van der Waals surface area contributed by atoms with Crippen LogP contribution in [0.3, 0.4) is 0 Å². The van der Waals surface area contributed by atoms with Crippen molar-refractivity contribution in [3.05, 3.63) is 71.3 Å². The second kappa shape index (κ2) is 7.33. The van der Waals surface area contributed by atoms with Gasteiger partial charge < -0.3 is 4.57 Å². The second-order valence-corrected chi connectivity index (χ2v) is 4.76. The molecular weight excluding hydrogens is 299 g/mol. The number of rotatable bonds is 5. The van der Waals surface area contributed by atoms with E-state index in [4.69, 9.17) is 5.21 Å². The first kappa shape index (κ1) is 16.4. The van der Waals surface area contributed by atoms with Gasteiger partial charge in [-0.1, -0.05) is 12.1 Å². The van der Waals surface area contributed by atoms with Crippen LogP contribution in [0.15, 0.2) is 48.6 Å². The fourth-order valence-electron chi connectivity index (χ4n) is 1.98. The van der Waals surface area contributed by atoms with Gasteiger partial charge in [-0.25, -0.2) is 9.87 Å². The van der Waals surface area contributed by atoms with E-state index in [0.717, 1.165) is 5.69 Å². The van der Waals surface area contributed by atoms with Crippen molar-refractivity contribution in [2.45, 2.75) is 0 Å². The Morgan fingerprint density at radius 3 is 2.39 bits per heavy atom. The smallest absolute Gasteiger partial charge is 0.267 e. The minimum atomic E-state index is -0.635. The Kier molecular flexibility index (Phi) is 5.22. The van der Waals surface area contributed by atoms with Crippen molar-refractivity contribution in [3.8, 4) is 0 Å². The maximum Gasteiger partial charge on any atom is 0.267 e. The SMILES string of the molecule is Cn1c(C=CC(=O)NO)ccc1C=CC(=O)c1cccc(F)c1. The summed E-state index contributed by atoms with van der Waals surface area (Å²) < 4.78 is 14.9. The number of carbonyl (C=O) groups excluding carboxylic acids is 2. The summed E-state index contributed by atoms with van der Waals surface area (Å²) >= 11 is 0. The van der Waals surface area contributed by atoms with E-state index in [0.29, 0.717) is 5.69 Å². The zero-order valence-corrected chi connectivity index (χ0v) is 12.4. The molecular formula is C17H15FN2O3. The van der Waals surface area contributed by atoms with Crippen LogP contribution in [0, 0.1) is 5.82 Å². The van der Waals surface area contributed by atoms with Crippen molar-refractivity contribution in [2.75, 3.05) is 0 Å². The summed E-state index contributed by atoms with van der Waals surface area (Å²) in [5.41, 5.74) is 3.22. The normalized spacial score (nSPS) is 11.3. The minimum absolute atomic E-state index is 0.273. The highest BCUT2D eigenvalue weighted by Gasteiger charge is 2.04. The molecule has 0 spiro atoms. The van der Waals surface area contributed by atoms with Gasteiger partial charge in [0.15, 0.2) is 5.78 Å². The molecule has 2 N–H and O–H groups in total. The van der Waals surface area contributed by atoms with Crippen LogP contribution in [0.4, 0.5) is 4.39 Å². The fourth-order valence-corrected chi connectivity index (χ4v) is 1.98. The quantitative estimate of drug-likeness (QED) is 0.386. The first-order valence-corrected chi connectivity index (χ1v) is 6.77. The number of halogens is 1. The molecule has 0 fully saturated rings. The molecule has 2 aromatic rings. The molecule has 0 saturated heterocycles. The van der Waals surface area contributed by atoms with Crippen LogP contribution < -0.4 is 5.48 Å². The molecule has 0 bridgehead atoms. The number of hydrogen-bond donors (Lipinski definition) is 2. The third-order valence-corrected chi connectivity index (χ3v) is 3.23. The van der Waals surface area contributed by atoms with Gasteiger partial charge in [0.2, 0.25) is 0 Å². The number of hydrogen-bond acceptors (Lipinski definition) is 3. The Balaban J connectivity index is 2.14. The Hall–Kier alpha value is -2.99. The van der Waals surface area contributed by atoms with Crippen LogP contribution in [-0.4, -0.2) is 21.5 Å². The first-order chi connectivity index (χ1) is 11.0. The topological polar surface area (TPSA) is 71.3 Å². The molecule has 1 aromatic carbocycles. The first-order valence-electron chi connectivity index (χ1n) is 6.77. The van der Waals surface area contributed by atoms with Crippen molar-refractivity contribution in [1.29, 1.82) is 0 Å². The zero-order valence-electron chi connectivity index (χ0n) is 12.4. The third kappa shape index (κ3) is 4.24. The molecule has 6 heteroatoms. The van der Waals surface area contributed by atoms with Crippen molar-refractivity contribution < 1.29 is 19.2 Å². The number of ketones is 1. The molecule has 0 saturated carbocycles. The van der Waals surface area contributed by atoms with E-state index in [1.807, 2.05) is 0 Å². The number of benzene rings is 1. The molecule has 0 aliphatic rings. The lowest BCUT2D eigenvalue weighted by Crippen LogP contribution is -2.14. The highest BCUT2D eigenvalue weighted by atomic mass is 19.1. The molecule has 0 unspecified atom stereocenters. The number of nitrogens with zero attached hydrogens (tertiary/aromatic N) is 1. The summed E-state index contributed by atoms with van der Waals surface area (Å²) in [7, 11) is 1.77. The lowest BCUT2D eigenvalue weighted by Gasteiger charge is -2.01. The Morgan fingerprint density at radius 1 is 1.13 bits per heavy atom. The van der Waals surface area contributed by atoms with Crippen molar-refractivity contribution in [2.24, 2.45) is 7.05 Å². The zero-order chi connectivity index (χ0) is 16.8. The van der Waals surface area contributed by atoms with Crippen molar-refractivity contribution in [3.63, 3.8) is 0 Å². The molecule has 1 heterocycles. The summed E-state index contributed by atoms with van der Waals surface area (Å²) in [6.07, 6.45) is 5.67. The average Bonchev–Trinajstić information content (AvgIpc) is 2.90. The van der Waals surface area contributed by atoms with Crippen molar-refractivity contribution in [1.82, 2.24) is 10.0 Å². The lowest BCUT2D eigenvalue weighted by atomic mass is 10.1. The molecule has 0 aliphatic carbocycles. The van der Waals surface area contributed by atoms with E-state index in [2.05, 4.69) is 0 Å². The van der Waals surface area contributed by atoms with Gasteiger partial charge in [0.05, 0.1) is 0 Å². The molecule has 1 aromatic heterocycles. The van der Waals surface area contributed by atoms with E-state index in [1.54, 1.807) is 35.9 Å². The van der Waals surface area contributed by atoms with E-state index in [1.165, 1.54) is 41.9 Å². The van der Waals surface area contributed by atoms with Crippen LogP contribution in [0.1, 0.15) is 21.7 Å². The number of amides is 1. The Bertz CT molecular complexity index is 791. The van der Waals surface area contributed by atoms with Gasteiger partial charge in [-0.05, 0) is 42.5 Å². The summed E-state index contributed by atoms with van der Waals surface area (Å²) in [6, 6.07) is 9.01. The standard InChI is InChI=1S/C17H15FN2O3/c1-20-14(5-6-15(20)8-10-17(22)19-23)7-9-16(21)12-3-2-4-13(18)11-12/h2-11,23H,1H3,(H,19,22). The number of aromatic nitrogens is 1. The van der Waals surface area contributed by atoms with Gasteiger partial charge in [0, 0.05) is 30.1 Å². The predicted octanol–water partition coefficient (Wildman–Crippen LogP) is 2.58. The van der Waals surface area contributed by atoms with E-state index in [9.17, 15) is 14.0 Å². The maximum atomic E-state index is 13.1. The molecule has 2 rings (SSSR count). The number of hydroxylamine groups is 1. The molecule has 23 heavy (non-hydrogen) atoms. The van der Waals surface area contributed by atoms with Gasteiger partial charge in [-0.3, -0.25) is 14.8 Å². The van der Waals surface area contributed by atoms with E-state index >= 15 is 0 Å². The van der Waals surface area contributed by atoms with Gasteiger partial charge >= 0.3 is 0 Å². The van der Waals surface area contributed by atoms with E-state index < -0.39 is 11.7 Å². The monoisotopic (exact) mass is 314 g/mol. The molecule has 118 valence electrons. The van der Waals surface area contributed by atoms with Gasteiger partial charge in [-0.15, -0.1) is 0 Å². The molecule has 0 atom stereocenters. The van der Waals surface area contributed by atoms with E-state index in [-0.39, 0.29) is 11.3 Å². The third-order valence-electron chi connectivity index (χ3n) is 3.23. The highest BCUT2D eigenvalue weighted by Crippen LogP contribution is 2.12. The van der Waals surface area contributed by atoms with Crippen LogP contribution >= 0.6 is 0 Å². The van der Waals surface area contributed by atoms with Gasteiger partial charge in [-0.2, -0.15) is 0 Å². The summed E-state index contributed by atoms with van der Waals surface area (Å²) in [4.78, 5) is 22.9. The largest absolute Gasteiger partial charge is 0.345 e. The molecule has 1 amide bonds. The van der Waals surface area contributed by atoms with Crippen LogP contribution in [-0.2, 0) is 11.8 Å². The fraction of sp³-hybridized carbons (Fsp3) is 0.0588. The minimum Gasteiger partial charge on any atom is -0.345 e. The second-order valence-electron chi connectivity index (χ2n) is 4.76. The van der Waals surface area contributed by atoms with Crippen molar-refractivity contribution >= 4 is 23.8 Å². The number of carbonyl (C=O) groups is 2. The summed E-state index contributed by atoms with van der Waals surface area (Å²) in [5, 5.41) is 8.43. The summed E-state index contributed by atoms with van der Waals surface area (Å²) in [5.74, 6) is -1.40. The number of allylic oxidation sites excluding steroid dienone is 1. The molecule has 0 aliphatic heterocycles. The molecule has 5 nitrogen and oxygen atoms in total. The molecule has 0 radical (unpaired) electrons. The highest BCUT2D eigenvalue weighted by molar-refractivity contribution is 6.06. The van der Waals surface area contributed by atoms with Crippen LogP contribution in [0.2, 0.25) is 0 Å². The summed E-state index contributed by atoms with van der Waals surface area (Å²) in [6.45, 7) is 0. The van der Waals surface area contributed by atoms with Crippen LogP contribution in [0.5, 0.6) is 0 Å². The number of nitrogens with one attached hydrogen (secondary N) is 1.